The van der Waals surface area contributed by atoms with Crippen molar-refractivity contribution in [1.82, 2.24) is 19.9 Å². The molecular formula is C24H26N6O5. The molecule has 1 atom stereocenters. The number of methoxy groups -OCH3 is 1. The number of aryl methyl sites for hydroxylation is 1. The minimum atomic E-state index is -0.268. The summed E-state index contributed by atoms with van der Waals surface area (Å²) in [4.78, 5) is 46.7. The molecule has 2 aliphatic rings. The predicted molar refractivity (Wildman–Crippen MR) is 129 cm³/mol. The average Bonchev–Trinajstić information content (AvgIpc) is 3.24. The highest BCUT2D eigenvalue weighted by atomic mass is 16.5. The van der Waals surface area contributed by atoms with E-state index in [0.29, 0.717) is 49.2 Å². The predicted octanol–water partition coefficient (Wildman–Crippen LogP) is 1.31. The Labute approximate surface area is 201 Å². The number of fused-ring (bicyclic) bond motifs is 2. The number of carbonyl (C=O) groups excluding carboxylic acids is 2. The van der Waals surface area contributed by atoms with E-state index in [1.54, 1.807) is 28.7 Å². The van der Waals surface area contributed by atoms with Crippen LogP contribution in [0.3, 0.4) is 0 Å². The van der Waals surface area contributed by atoms with Gasteiger partial charge < -0.3 is 24.7 Å². The lowest BCUT2D eigenvalue weighted by molar-refractivity contribution is -0.118. The maximum Gasteiger partial charge on any atom is 0.269 e. The summed E-state index contributed by atoms with van der Waals surface area (Å²) >= 11 is 0. The Balaban J connectivity index is 1.14. The molecule has 5 rings (SSSR count). The Morgan fingerprint density at radius 2 is 2.09 bits per heavy atom. The number of rotatable bonds is 8. The number of hydrogen-bond acceptors (Lipinski definition) is 8. The molecule has 4 heterocycles. The molecule has 0 aliphatic carbocycles. The first-order chi connectivity index (χ1) is 17.0. The highest BCUT2D eigenvalue weighted by Crippen LogP contribution is 2.30. The SMILES string of the molecule is COc1ccc2ncc(=O)n(CCCCN[C@@H]3CC(=O)N(c4ccc5c(n4)NC(=O)CO5)C3)c2c1. The van der Waals surface area contributed by atoms with E-state index in [1.165, 1.54) is 6.20 Å². The number of nitrogens with one attached hydrogen (secondary N) is 2. The van der Waals surface area contributed by atoms with Gasteiger partial charge in [0.05, 0.1) is 24.3 Å². The van der Waals surface area contributed by atoms with Crippen molar-refractivity contribution in [3.05, 3.63) is 46.9 Å². The Hall–Kier alpha value is -3.99. The van der Waals surface area contributed by atoms with Crippen molar-refractivity contribution in [3.63, 3.8) is 0 Å². The highest BCUT2D eigenvalue weighted by Gasteiger charge is 2.32. The maximum atomic E-state index is 12.6. The maximum absolute atomic E-state index is 12.6. The number of hydrogen-bond donors (Lipinski definition) is 2. The third kappa shape index (κ3) is 4.80. The number of anilines is 2. The Morgan fingerprint density at radius 1 is 1.20 bits per heavy atom. The molecule has 0 radical (unpaired) electrons. The Morgan fingerprint density at radius 3 is 2.94 bits per heavy atom. The molecule has 0 saturated carbocycles. The summed E-state index contributed by atoms with van der Waals surface area (Å²) in [7, 11) is 1.59. The first kappa shape index (κ1) is 22.8. The zero-order valence-electron chi connectivity index (χ0n) is 19.3. The van der Waals surface area contributed by atoms with Crippen LogP contribution in [-0.2, 0) is 16.1 Å². The van der Waals surface area contributed by atoms with Crippen molar-refractivity contribution >= 4 is 34.5 Å². The van der Waals surface area contributed by atoms with Crippen molar-refractivity contribution in [2.75, 3.05) is 37.0 Å². The molecule has 2 aromatic heterocycles. The summed E-state index contributed by atoms with van der Waals surface area (Å²) in [5.74, 6) is 1.70. The molecule has 1 saturated heterocycles. The zero-order valence-corrected chi connectivity index (χ0v) is 19.3. The molecule has 11 heteroatoms. The van der Waals surface area contributed by atoms with Crippen LogP contribution >= 0.6 is 0 Å². The number of ether oxygens (including phenoxy) is 2. The Kier molecular flexibility index (Phi) is 6.32. The van der Waals surface area contributed by atoms with E-state index in [9.17, 15) is 14.4 Å². The van der Waals surface area contributed by atoms with Gasteiger partial charge in [0, 0.05) is 31.6 Å². The summed E-state index contributed by atoms with van der Waals surface area (Å²) in [5.41, 5.74) is 1.35. The van der Waals surface area contributed by atoms with Gasteiger partial charge in [-0.05, 0) is 43.7 Å². The number of amides is 2. The monoisotopic (exact) mass is 478 g/mol. The topological polar surface area (TPSA) is 128 Å². The van der Waals surface area contributed by atoms with Gasteiger partial charge in [0.2, 0.25) is 5.91 Å². The van der Waals surface area contributed by atoms with Gasteiger partial charge in [-0.1, -0.05) is 0 Å². The number of carbonyl (C=O) groups is 2. The minimum Gasteiger partial charge on any atom is -0.497 e. The number of nitrogens with zero attached hydrogens (tertiary/aromatic N) is 4. The molecule has 1 aromatic carbocycles. The number of unbranched alkanes of at least 4 members (excludes halogenated alkanes) is 1. The van der Waals surface area contributed by atoms with Crippen LogP contribution in [0.4, 0.5) is 11.6 Å². The third-order valence-electron chi connectivity index (χ3n) is 6.16. The van der Waals surface area contributed by atoms with Crippen molar-refractivity contribution in [2.24, 2.45) is 0 Å². The van der Waals surface area contributed by atoms with Crippen molar-refractivity contribution in [1.29, 1.82) is 0 Å². The number of pyridine rings is 1. The van der Waals surface area contributed by atoms with E-state index < -0.39 is 0 Å². The molecular weight excluding hydrogens is 452 g/mol. The van der Waals surface area contributed by atoms with E-state index in [-0.39, 0.29) is 30.0 Å². The molecule has 0 unspecified atom stereocenters. The smallest absolute Gasteiger partial charge is 0.269 e. The van der Waals surface area contributed by atoms with E-state index >= 15 is 0 Å². The molecule has 2 amide bonds. The normalized spacial score (nSPS) is 17.3. The van der Waals surface area contributed by atoms with Gasteiger partial charge in [0.25, 0.3) is 11.5 Å². The molecule has 3 aromatic rings. The Bertz CT molecular complexity index is 1340. The van der Waals surface area contributed by atoms with Gasteiger partial charge in [0.15, 0.2) is 18.2 Å². The number of benzene rings is 1. The zero-order chi connectivity index (χ0) is 24.4. The first-order valence-electron chi connectivity index (χ1n) is 11.5. The molecule has 11 nitrogen and oxygen atoms in total. The summed E-state index contributed by atoms with van der Waals surface area (Å²) in [6.07, 6.45) is 3.35. The van der Waals surface area contributed by atoms with Crippen molar-refractivity contribution in [3.8, 4) is 11.5 Å². The van der Waals surface area contributed by atoms with Crippen LogP contribution in [0.15, 0.2) is 41.3 Å². The van der Waals surface area contributed by atoms with Crippen LogP contribution in [0.25, 0.3) is 11.0 Å². The fourth-order valence-corrected chi connectivity index (χ4v) is 4.37. The quantitative estimate of drug-likeness (QED) is 0.464. The van der Waals surface area contributed by atoms with Gasteiger partial charge in [-0.25, -0.2) is 9.97 Å². The molecule has 35 heavy (non-hydrogen) atoms. The molecule has 0 spiro atoms. The third-order valence-corrected chi connectivity index (χ3v) is 6.16. The van der Waals surface area contributed by atoms with E-state index in [0.717, 1.165) is 23.9 Å². The van der Waals surface area contributed by atoms with Gasteiger partial charge in [-0.3, -0.25) is 19.3 Å². The standard InChI is InChI=1S/C24H26N6O5/c1-34-16-4-5-17-18(11-16)29(23(33)12-26-17)9-3-2-8-25-15-10-22(32)30(13-15)20-7-6-19-24(27-20)28-21(31)14-35-19/h4-7,11-12,15,25H,2-3,8-10,13-14H2,1H3,(H,27,28,31)/t15-/m1/s1. The van der Waals surface area contributed by atoms with Crippen LogP contribution in [0.1, 0.15) is 19.3 Å². The van der Waals surface area contributed by atoms with Crippen LogP contribution in [-0.4, -0.2) is 59.2 Å². The second kappa shape index (κ2) is 9.71. The lowest BCUT2D eigenvalue weighted by Gasteiger charge is -2.21. The van der Waals surface area contributed by atoms with Crippen molar-refractivity contribution < 1.29 is 19.1 Å². The second-order valence-electron chi connectivity index (χ2n) is 8.52. The average molecular weight is 479 g/mol. The minimum absolute atomic E-state index is 0.0000809. The summed E-state index contributed by atoms with van der Waals surface area (Å²) in [6.45, 7) is 1.74. The lowest BCUT2D eigenvalue weighted by atomic mass is 10.2. The molecule has 2 aliphatic heterocycles. The second-order valence-corrected chi connectivity index (χ2v) is 8.52. The fraction of sp³-hybridized carbons (Fsp3) is 0.375. The molecule has 2 N–H and O–H groups in total. The largest absolute Gasteiger partial charge is 0.497 e. The van der Waals surface area contributed by atoms with Gasteiger partial charge in [0.1, 0.15) is 11.6 Å². The van der Waals surface area contributed by atoms with E-state index in [2.05, 4.69) is 20.6 Å². The molecule has 0 bridgehead atoms. The van der Waals surface area contributed by atoms with Gasteiger partial charge in [-0.2, -0.15) is 0 Å². The van der Waals surface area contributed by atoms with E-state index in [4.69, 9.17) is 9.47 Å². The van der Waals surface area contributed by atoms with Crippen LogP contribution < -0.4 is 30.6 Å². The fourth-order valence-electron chi connectivity index (χ4n) is 4.37. The van der Waals surface area contributed by atoms with Gasteiger partial charge >= 0.3 is 0 Å². The first-order valence-corrected chi connectivity index (χ1v) is 11.5. The van der Waals surface area contributed by atoms with Crippen LogP contribution in [0.2, 0.25) is 0 Å². The summed E-state index contributed by atoms with van der Waals surface area (Å²) in [5, 5.41) is 6.10. The molecule has 182 valence electrons. The van der Waals surface area contributed by atoms with Gasteiger partial charge in [-0.15, -0.1) is 0 Å². The highest BCUT2D eigenvalue weighted by molar-refractivity contribution is 5.97. The summed E-state index contributed by atoms with van der Waals surface area (Å²) < 4.78 is 12.3. The van der Waals surface area contributed by atoms with Crippen LogP contribution in [0.5, 0.6) is 11.5 Å². The van der Waals surface area contributed by atoms with Crippen molar-refractivity contribution in [2.45, 2.75) is 31.8 Å². The lowest BCUT2D eigenvalue weighted by Crippen LogP contribution is -2.34. The van der Waals surface area contributed by atoms with E-state index in [1.807, 2.05) is 18.2 Å². The summed E-state index contributed by atoms with van der Waals surface area (Å²) in [6, 6.07) is 8.93. The number of aromatic nitrogens is 3. The molecule has 1 fully saturated rings. The van der Waals surface area contributed by atoms with Crippen LogP contribution in [0, 0.1) is 0 Å².